The molecule has 7 nitrogen and oxygen atoms in total. The SMILES string of the molecule is COC[C@@H](NC(=O)[C@@H]1C[C@@H](O)CN1C(=O)OC(C)(C)C)C(C)C. The molecule has 0 aromatic heterocycles. The lowest BCUT2D eigenvalue weighted by Crippen LogP contribution is -2.52. The predicted molar refractivity (Wildman–Crippen MR) is 86.0 cm³/mol. The number of hydrogen-bond donors (Lipinski definition) is 2. The van der Waals surface area contributed by atoms with Gasteiger partial charge < -0.3 is 19.9 Å². The molecule has 0 spiro atoms. The Morgan fingerprint density at radius 2 is 1.96 bits per heavy atom. The third kappa shape index (κ3) is 5.99. The van der Waals surface area contributed by atoms with Gasteiger partial charge in [-0.25, -0.2) is 4.79 Å². The molecule has 7 heteroatoms. The number of hydrogen-bond acceptors (Lipinski definition) is 5. The van der Waals surface area contributed by atoms with Crippen LogP contribution < -0.4 is 5.32 Å². The van der Waals surface area contributed by atoms with Crippen LogP contribution in [0.4, 0.5) is 4.79 Å². The molecule has 134 valence electrons. The van der Waals surface area contributed by atoms with Crippen molar-refractivity contribution in [2.24, 2.45) is 5.92 Å². The highest BCUT2D eigenvalue weighted by atomic mass is 16.6. The van der Waals surface area contributed by atoms with Crippen LogP contribution in [0.5, 0.6) is 0 Å². The zero-order valence-electron chi connectivity index (χ0n) is 15.0. The van der Waals surface area contributed by atoms with Gasteiger partial charge in [-0.05, 0) is 26.7 Å². The third-order valence-corrected chi connectivity index (χ3v) is 3.69. The van der Waals surface area contributed by atoms with Gasteiger partial charge in [0.05, 0.1) is 25.3 Å². The molecule has 2 amide bonds. The normalized spacial score (nSPS) is 23.0. The summed E-state index contributed by atoms with van der Waals surface area (Å²) in [6, 6.07) is -0.872. The summed E-state index contributed by atoms with van der Waals surface area (Å²) in [4.78, 5) is 26.1. The molecule has 0 bridgehead atoms. The van der Waals surface area contributed by atoms with E-state index in [9.17, 15) is 14.7 Å². The summed E-state index contributed by atoms with van der Waals surface area (Å²) in [5, 5.41) is 12.8. The predicted octanol–water partition coefficient (Wildman–Crippen LogP) is 1.14. The molecule has 0 saturated carbocycles. The van der Waals surface area contributed by atoms with Crippen molar-refractivity contribution >= 4 is 12.0 Å². The molecule has 0 aromatic rings. The number of aliphatic hydroxyl groups is 1. The van der Waals surface area contributed by atoms with E-state index in [1.165, 1.54) is 4.90 Å². The Balaban J connectivity index is 2.78. The minimum Gasteiger partial charge on any atom is -0.444 e. The molecule has 0 radical (unpaired) electrons. The second kappa shape index (κ2) is 7.97. The van der Waals surface area contributed by atoms with Crippen molar-refractivity contribution in [1.29, 1.82) is 0 Å². The van der Waals surface area contributed by atoms with E-state index in [1.807, 2.05) is 13.8 Å². The summed E-state index contributed by atoms with van der Waals surface area (Å²) in [5.41, 5.74) is -0.651. The minimum atomic E-state index is -0.724. The van der Waals surface area contributed by atoms with Gasteiger partial charge in [-0.3, -0.25) is 9.69 Å². The molecule has 1 heterocycles. The molecule has 1 fully saturated rings. The average molecular weight is 330 g/mol. The number of methoxy groups -OCH3 is 1. The van der Waals surface area contributed by atoms with E-state index in [0.717, 1.165) is 0 Å². The largest absolute Gasteiger partial charge is 0.444 e. The second-order valence-electron chi connectivity index (χ2n) is 7.35. The molecule has 0 aliphatic carbocycles. The smallest absolute Gasteiger partial charge is 0.411 e. The third-order valence-electron chi connectivity index (χ3n) is 3.69. The van der Waals surface area contributed by atoms with E-state index in [-0.39, 0.29) is 30.8 Å². The molecule has 0 aromatic carbocycles. The maximum atomic E-state index is 12.5. The molecule has 1 aliphatic heterocycles. The molecule has 1 aliphatic rings. The van der Waals surface area contributed by atoms with Gasteiger partial charge >= 0.3 is 6.09 Å². The molecule has 2 N–H and O–H groups in total. The zero-order valence-corrected chi connectivity index (χ0v) is 15.0. The van der Waals surface area contributed by atoms with Crippen LogP contribution in [0.25, 0.3) is 0 Å². The van der Waals surface area contributed by atoms with Crippen molar-refractivity contribution in [1.82, 2.24) is 10.2 Å². The van der Waals surface area contributed by atoms with Gasteiger partial charge in [0.1, 0.15) is 11.6 Å². The molecule has 0 unspecified atom stereocenters. The van der Waals surface area contributed by atoms with Crippen molar-refractivity contribution < 1.29 is 24.2 Å². The molecular weight excluding hydrogens is 300 g/mol. The first-order valence-electron chi connectivity index (χ1n) is 8.02. The Hall–Kier alpha value is -1.34. The van der Waals surface area contributed by atoms with Crippen LogP contribution in [-0.2, 0) is 14.3 Å². The van der Waals surface area contributed by atoms with Crippen LogP contribution in [0, 0.1) is 5.92 Å². The Bertz CT molecular complexity index is 419. The number of β-amino-alcohol motifs (C(OH)–C–C–N with tert-alkyl or cyclic N) is 1. The lowest BCUT2D eigenvalue weighted by atomic mass is 10.0. The van der Waals surface area contributed by atoms with E-state index in [4.69, 9.17) is 9.47 Å². The summed E-state index contributed by atoms with van der Waals surface area (Å²) >= 11 is 0. The number of nitrogens with one attached hydrogen (secondary N) is 1. The average Bonchev–Trinajstić information content (AvgIpc) is 2.78. The molecule has 3 atom stereocenters. The number of amides is 2. The highest BCUT2D eigenvalue weighted by molar-refractivity contribution is 5.86. The van der Waals surface area contributed by atoms with E-state index < -0.39 is 23.8 Å². The Kier molecular flexibility index (Phi) is 6.83. The first-order chi connectivity index (χ1) is 10.5. The van der Waals surface area contributed by atoms with Crippen molar-refractivity contribution in [2.45, 2.75) is 64.8 Å². The Morgan fingerprint density at radius 3 is 2.43 bits per heavy atom. The summed E-state index contributed by atoms with van der Waals surface area (Å²) < 4.78 is 10.4. The summed E-state index contributed by atoms with van der Waals surface area (Å²) in [6.45, 7) is 9.76. The van der Waals surface area contributed by atoms with Crippen LogP contribution >= 0.6 is 0 Å². The second-order valence-corrected chi connectivity index (χ2v) is 7.35. The molecule has 1 rings (SSSR count). The maximum Gasteiger partial charge on any atom is 0.411 e. The number of carbonyl (C=O) groups is 2. The van der Waals surface area contributed by atoms with Crippen LogP contribution in [-0.4, -0.2) is 66.1 Å². The van der Waals surface area contributed by atoms with E-state index in [1.54, 1.807) is 27.9 Å². The quantitative estimate of drug-likeness (QED) is 0.789. The van der Waals surface area contributed by atoms with Crippen molar-refractivity contribution in [3.8, 4) is 0 Å². The number of carbonyl (C=O) groups excluding carboxylic acids is 2. The first kappa shape index (κ1) is 19.7. The highest BCUT2D eigenvalue weighted by Gasteiger charge is 2.41. The van der Waals surface area contributed by atoms with Gasteiger partial charge in [0.25, 0.3) is 0 Å². The fraction of sp³-hybridized carbons (Fsp3) is 0.875. The van der Waals surface area contributed by atoms with Gasteiger partial charge in [-0.15, -0.1) is 0 Å². The van der Waals surface area contributed by atoms with Crippen molar-refractivity contribution in [2.75, 3.05) is 20.3 Å². The summed E-state index contributed by atoms with van der Waals surface area (Å²) in [6.07, 6.45) is -1.09. The first-order valence-corrected chi connectivity index (χ1v) is 8.02. The fourth-order valence-corrected chi connectivity index (χ4v) is 2.44. The van der Waals surface area contributed by atoms with Crippen LogP contribution in [0.1, 0.15) is 41.0 Å². The van der Waals surface area contributed by atoms with Crippen LogP contribution in [0.3, 0.4) is 0 Å². The topological polar surface area (TPSA) is 88.1 Å². The molecular formula is C16H30N2O5. The lowest BCUT2D eigenvalue weighted by Gasteiger charge is -2.29. The van der Waals surface area contributed by atoms with E-state index in [0.29, 0.717) is 6.61 Å². The van der Waals surface area contributed by atoms with Crippen molar-refractivity contribution in [3.05, 3.63) is 0 Å². The fourth-order valence-electron chi connectivity index (χ4n) is 2.44. The summed E-state index contributed by atoms with van der Waals surface area (Å²) in [7, 11) is 1.58. The number of aliphatic hydroxyl groups excluding tert-OH is 1. The highest BCUT2D eigenvalue weighted by Crippen LogP contribution is 2.22. The number of ether oxygens (including phenoxy) is 2. The van der Waals surface area contributed by atoms with Crippen LogP contribution in [0.15, 0.2) is 0 Å². The van der Waals surface area contributed by atoms with E-state index in [2.05, 4.69) is 5.32 Å². The van der Waals surface area contributed by atoms with Gasteiger partial charge in [0, 0.05) is 13.5 Å². The van der Waals surface area contributed by atoms with Gasteiger partial charge in [-0.1, -0.05) is 13.8 Å². The van der Waals surface area contributed by atoms with Gasteiger partial charge in [-0.2, -0.15) is 0 Å². The summed E-state index contributed by atoms with van der Waals surface area (Å²) in [5.74, 6) is -0.0941. The Labute approximate surface area is 138 Å². The number of likely N-dealkylation sites (tertiary alicyclic amines) is 1. The molecule has 23 heavy (non-hydrogen) atoms. The number of nitrogens with zero attached hydrogens (tertiary/aromatic N) is 1. The lowest BCUT2D eigenvalue weighted by molar-refractivity contribution is -0.127. The molecule has 1 saturated heterocycles. The Morgan fingerprint density at radius 1 is 1.35 bits per heavy atom. The van der Waals surface area contributed by atoms with Crippen molar-refractivity contribution in [3.63, 3.8) is 0 Å². The van der Waals surface area contributed by atoms with E-state index >= 15 is 0 Å². The van der Waals surface area contributed by atoms with Gasteiger partial charge in [0.15, 0.2) is 0 Å². The monoisotopic (exact) mass is 330 g/mol. The maximum absolute atomic E-state index is 12.5. The standard InChI is InChI=1S/C16H30N2O5/c1-10(2)12(9-22-6)17-14(20)13-7-11(19)8-18(13)15(21)23-16(3,4)5/h10-13,19H,7-9H2,1-6H3,(H,17,20)/t11-,12-,13+/m1/s1. The van der Waals surface area contributed by atoms with Crippen LogP contribution in [0.2, 0.25) is 0 Å². The minimum absolute atomic E-state index is 0.101. The zero-order chi connectivity index (χ0) is 17.8. The number of rotatable bonds is 5. The van der Waals surface area contributed by atoms with Gasteiger partial charge in [0.2, 0.25) is 5.91 Å².